The van der Waals surface area contributed by atoms with Crippen LogP contribution in [0, 0.1) is 0 Å². The van der Waals surface area contributed by atoms with Gasteiger partial charge in [-0.2, -0.15) is 5.10 Å². The lowest BCUT2D eigenvalue weighted by Crippen LogP contribution is -2.26. The molecular formula is C11H23ClN4O. The minimum absolute atomic E-state index is 0. The Morgan fingerprint density at radius 2 is 2.29 bits per heavy atom. The van der Waals surface area contributed by atoms with Crippen molar-refractivity contribution in [3.8, 4) is 0 Å². The number of methoxy groups -OCH3 is 1. The second kappa shape index (κ2) is 10.5. The summed E-state index contributed by atoms with van der Waals surface area (Å²) in [5.41, 5.74) is 1.13. The lowest BCUT2D eigenvalue weighted by molar-refractivity contribution is 0.160. The van der Waals surface area contributed by atoms with Gasteiger partial charge in [-0.3, -0.25) is 5.10 Å². The SMILES string of the molecule is COCCN(C)CCCNCc1ccn[nH]1.Cl. The molecule has 0 unspecified atom stereocenters. The summed E-state index contributed by atoms with van der Waals surface area (Å²) in [7, 11) is 3.85. The van der Waals surface area contributed by atoms with Gasteiger partial charge in [0.1, 0.15) is 0 Å². The van der Waals surface area contributed by atoms with Crippen molar-refractivity contribution in [1.29, 1.82) is 0 Å². The lowest BCUT2D eigenvalue weighted by atomic mass is 10.3. The first-order valence-electron chi connectivity index (χ1n) is 5.69. The Balaban J connectivity index is 0.00000256. The number of aromatic nitrogens is 2. The second-order valence-electron chi connectivity index (χ2n) is 3.91. The van der Waals surface area contributed by atoms with E-state index in [2.05, 4.69) is 27.5 Å². The summed E-state index contributed by atoms with van der Waals surface area (Å²) in [4.78, 5) is 2.28. The maximum atomic E-state index is 5.02. The molecule has 1 aromatic heterocycles. The molecular weight excluding hydrogens is 240 g/mol. The zero-order valence-electron chi connectivity index (χ0n) is 10.6. The van der Waals surface area contributed by atoms with Crippen LogP contribution in [-0.4, -0.2) is 55.5 Å². The number of H-pyrrole nitrogens is 1. The average Bonchev–Trinajstić information content (AvgIpc) is 2.79. The fourth-order valence-corrected chi connectivity index (χ4v) is 1.44. The summed E-state index contributed by atoms with van der Waals surface area (Å²) in [6.07, 6.45) is 2.92. The Hall–Kier alpha value is -0.620. The molecule has 0 fully saturated rings. The quantitative estimate of drug-likeness (QED) is 0.649. The Bertz CT molecular complexity index is 256. The highest BCUT2D eigenvalue weighted by Gasteiger charge is 1.97. The molecule has 1 heterocycles. The molecule has 17 heavy (non-hydrogen) atoms. The van der Waals surface area contributed by atoms with E-state index < -0.39 is 0 Å². The number of hydrogen-bond acceptors (Lipinski definition) is 4. The Kier molecular flexibility index (Phi) is 10.1. The van der Waals surface area contributed by atoms with Crippen molar-refractivity contribution in [1.82, 2.24) is 20.4 Å². The molecule has 100 valence electrons. The fourth-order valence-electron chi connectivity index (χ4n) is 1.44. The zero-order valence-corrected chi connectivity index (χ0v) is 11.4. The van der Waals surface area contributed by atoms with Crippen molar-refractivity contribution in [3.05, 3.63) is 18.0 Å². The molecule has 1 aromatic rings. The van der Waals surface area contributed by atoms with Gasteiger partial charge < -0.3 is 15.0 Å². The van der Waals surface area contributed by atoms with E-state index in [1.807, 2.05) is 6.07 Å². The first-order chi connectivity index (χ1) is 7.83. The summed E-state index contributed by atoms with van der Waals surface area (Å²) >= 11 is 0. The predicted octanol–water partition coefficient (Wildman–Crippen LogP) is 0.889. The number of rotatable bonds is 9. The molecule has 0 saturated carbocycles. The fraction of sp³-hybridized carbons (Fsp3) is 0.727. The van der Waals surface area contributed by atoms with Gasteiger partial charge in [0.2, 0.25) is 0 Å². The van der Waals surface area contributed by atoms with Crippen LogP contribution in [0.1, 0.15) is 12.1 Å². The first-order valence-corrected chi connectivity index (χ1v) is 5.69. The van der Waals surface area contributed by atoms with Gasteiger partial charge in [-0.25, -0.2) is 0 Å². The number of aromatic amines is 1. The topological polar surface area (TPSA) is 53.2 Å². The number of ether oxygens (including phenoxy) is 1. The molecule has 0 amide bonds. The van der Waals surface area contributed by atoms with Gasteiger partial charge in [0.15, 0.2) is 0 Å². The van der Waals surface area contributed by atoms with Crippen LogP contribution in [0.5, 0.6) is 0 Å². The number of likely N-dealkylation sites (N-methyl/N-ethyl adjacent to an activating group) is 1. The standard InChI is InChI=1S/C11H22N4O.ClH/c1-15(8-9-16-2)7-3-5-12-10-11-4-6-13-14-11;/h4,6,12H,3,5,7-10H2,1-2H3,(H,13,14);1H. The van der Waals surface area contributed by atoms with Crippen LogP contribution in [0.25, 0.3) is 0 Å². The molecule has 0 aliphatic carbocycles. The molecule has 1 rings (SSSR count). The van der Waals surface area contributed by atoms with Crippen LogP contribution < -0.4 is 5.32 Å². The minimum Gasteiger partial charge on any atom is -0.383 e. The summed E-state index contributed by atoms with van der Waals surface area (Å²) in [6.45, 7) is 4.78. The Labute approximate surface area is 109 Å². The Morgan fingerprint density at radius 1 is 1.47 bits per heavy atom. The molecule has 0 bridgehead atoms. The van der Waals surface area contributed by atoms with Crippen LogP contribution in [-0.2, 0) is 11.3 Å². The van der Waals surface area contributed by atoms with Gasteiger partial charge in [0.25, 0.3) is 0 Å². The van der Waals surface area contributed by atoms with Gasteiger partial charge in [-0.1, -0.05) is 0 Å². The summed E-state index contributed by atoms with van der Waals surface area (Å²) in [5.74, 6) is 0. The lowest BCUT2D eigenvalue weighted by Gasteiger charge is -2.15. The van der Waals surface area contributed by atoms with Crippen molar-refractivity contribution in [2.24, 2.45) is 0 Å². The van der Waals surface area contributed by atoms with Gasteiger partial charge in [0.05, 0.1) is 6.61 Å². The highest BCUT2D eigenvalue weighted by Crippen LogP contribution is 1.91. The van der Waals surface area contributed by atoms with E-state index in [9.17, 15) is 0 Å². The van der Waals surface area contributed by atoms with Crippen molar-refractivity contribution < 1.29 is 4.74 Å². The molecule has 0 atom stereocenters. The van der Waals surface area contributed by atoms with E-state index in [0.717, 1.165) is 44.9 Å². The van der Waals surface area contributed by atoms with Crippen LogP contribution in [0.4, 0.5) is 0 Å². The average molecular weight is 263 g/mol. The molecule has 0 aliphatic rings. The van der Waals surface area contributed by atoms with Gasteiger partial charge in [0, 0.05) is 32.1 Å². The van der Waals surface area contributed by atoms with E-state index >= 15 is 0 Å². The number of hydrogen-bond donors (Lipinski definition) is 2. The minimum atomic E-state index is 0. The monoisotopic (exact) mass is 262 g/mol. The van der Waals surface area contributed by atoms with Gasteiger partial charge in [-0.15, -0.1) is 12.4 Å². The highest BCUT2D eigenvalue weighted by atomic mass is 35.5. The second-order valence-corrected chi connectivity index (χ2v) is 3.91. The van der Waals surface area contributed by atoms with Crippen LogP contribution in [0.2, 0.25) is 0 Å². The van der Waals surface area contributed by atoms with Crippen LogP contribution in [0.15, 0.2) is 12.3 Å². The molecule has 0 radical (unpaired) electrons. The maximum absolute atomic E-state index is 5.02. The molecule has 6 heteroatoms. The van der Waals surface area contributed by atoms with E-state index in [0.29, 0.717) is 0 Å². The largest absolute Gasteiger partial charge is 0.383 e. The third-order valence-electron chi connectivity index (χ3n) is 2.44. The molecule has 0 aromatic carbocycles. The molecule has 0 saturated heterocycles. The summed E-state index contributed by atoms with van der Waals surface area (Å²) < 4.78 is 5.02. The van der Waals surface area contributed by atoms with Crippen molar-refractivity contribution in [2.45, 2.75) is 13.0 Å². The highest BCUT2D eigenvalue weighted by molar-refractivity contribution is 5.85. The van der Waals surface area contributed by atoms with E-state index in [1.54, 1.807) is 13.3 Å². The molecule has 0 aliphatic heterocycles. The van der Waals surface area contributed by atoms with Gasteiger partial charge >= 0.3 is 0 Å². The number of nitrogens with one attached hydrogen (secondary N) is 2. The first kappa shape index (κ1) is 16.4. The van der Waals surface area contributed by atoms with Crippen LogP contribution >= 0.6 is 12.4 Å². The van der Waals surface area contributed by atoms with Crippen molar-refractivity contribution in [3.63, 3.8) is 0 Å². The normalized spacial score (nSPS) is 10.5. The summed E-state index contributed by atoms with van der Waals surface area (Å²) in [5, 5.41) is 10.2. The predicted molar refractivity (Wildman–Crippen MR) is 71.5 cm³/mol. The van der Waals surface area contributed by atoms with E-state index in [-0.39, 0.29) is 12.4 Å². The maximum Gasteiger partial charge on any atom is 0.0589 e. The van der Waals surface area contributed by atoms with E-state index in [1.165, 1.54) is 0 Å². The number of halogens is 1. The summed E-state index contributed by atoms with van der Waals surface area (Å²) in [6, 6.07) is 1.98. The van der Waals surface area contributed by atoms with Crippen molar-refractivity contribution >= 4 is 12.4 Å². The van der Waals surface area contributed by atoms with E-state index in [4.69, 9.17) is 4.74 Å². The molecule has 0 spiro atoms. The molecule has 2 N–H and O–H groups in total. The van der Waals surface area contributed by atoms with Gasteiger partial charge in [-0.05, 0) is 32.6 Å². The third kappa shape index (κ3) is 8.15. The smallest absolute Gasteiger partial charge is 0.0589 e. The Morgan fingerprint density at radius 3 is 2.94 bits per heavy atom. The molecule has 5 nitrogen and oxygen atoms in total. The van der Waals surface area contributed by atoms with Crippen molar-refractivity contribution in [2.75, 3.05) is 40.4 Å². The van der Waals surface area contributed by atoms with Crippen LogP contribution in [0.3, 0.4) is 0 Å². The number of nitrogens with zero attached hydrogens (tertiary/aromatic N) is 2. The zero-order chi connectivity index (χ0) is 11.6. The third-order valence-corrected chi connectivity index (χ3v) is 2.44.